The minimum Gasteiger partial charge on any atom is -0.496 e. The average Bonchev–Trinajstić information content (AvgIpc) is 3.02. The van der Waals surface area contributed by atoms with Gasteiger partial charge in [0.25, 0.3) is 5.91 Å². The first-order chi connectivity index (χ1) is 11.8. The maximum absolute atomic E-state index is 12.4. The molecule has 0 fully saturated rings. The summed E-state index contributed by atoms with van der Waals surface area (Å²) < 4.78 is 11.2. The van der Waals surface area contributed by atoms with E-state index in [1.54, 1.807) is 19.2 Å². The monoisotopic (exact) mass is 419 g/mol. The quantitative estimate of drug-likeness (QED) is 0.362. The number of benzene rings is 1. The molecule has 0 aliphatic carbocycles. The lowest BCUT2D eigenvalue weighted by Crippen LogP contribution is -2.38. The van der Waals surface area contributed by atoms with Gasteiger partial charge in [-0.25, -0.2) is 0 Å². The molecule has 27 heavy (non-hydrogen) atoms. The summed E-state index contributed by atoms with van der Waals surface area (Å²) in [6, 6.07) is 5.30. The van der Waals surface area contributed by atoms with Crippen LogP contribution in [0.5, 0.6) is 11.5 Å². The molecule has 0 unspecified atom stereocenters. The van der Waals surface area contributed by atoms with Gasteiger partial charge < -0.3 is 25.1 Å². The molecule has 1 amide bonds. The Kier molecular flexibility index (Phi) is 9.99. The molecule has 8 nitrogen and oxygen atoms in total. The zero-order valence-electron chi connectivity index (χ0n) is 15.9. The summed E-state index contributed by atoms with van der Waals surface area (Å²) >= 11 is 0. The van der Waals surface area contributed by atoms with Crippen LogP contribution in [0.4, 0.5) is 0 Å². The number of nitrogens with two attached hydrogens (primary N) is 1. The number of hydrogen-bond acceptors (Lipinski definition) is 5. The molecule has 0 aliphatic rings. The van der Waals surface area contributed by atoms with Crippen molar-refractivity contribution < 1.29 is 14.3 Å². The molecule has 0 saturated heterocycles. The molecule has 1 aromatic heterocycles. The van der Waals surface area contributed by atoms with Crippen molar-refractivity contribution in [2.45, 2.75) is 6.42 Å². The van der Waals surface area contributed by atoms with E-state index in [4.69, 9.17) is 20.6 Å². The van der Waals surface area contributed by atoms with Gasteiger partial charge in [0.15, 0.2) is 5.96 Å². The van der Waals surface area contributed by atoms with E-state index in [0.29, 0.717) is 29.3 Å². The SMILES string of the molecule is COc1ccc(OCCCN(C)C)c2[nH]c(C(=O)N(C)C(=N)N)cc12.Cl.Cl. The number of halogens is 2. The minimum atomic E-state index is -0.399. The van der Waals surface area contributed by atoms with E-state index < -0.39 is 5.91 Å². The molecule has 152 valence electrons. The first kappa shape index (κ1) is 24.8. The second kappa shape index (κ2) is 10.9. The number of aromatic amines is 1. The Labute approximate surface area is 171 Å². The van der Waals surface area contributed by atoms with E-state index in [0.717, 1.165) is 23.3 Å². The van der Waals surface area contributed by atoms with Gasteiger partial charge in [0, 0.05) is 19.0 Å². The molecule has 4 N–H and O–H groups in total. The number of fused-ring (bicyclic) bond motifs is 1. The number of methoxy groups -OCH3 is 1. The Balaban J connectivity index is 0.00000338. The number of ether oxygens (including phenoxy) is 2. The van der Waals surface area contributed by atoms with Gasteiger partial charge in [0.05, 0.1) is 19.2 Å². The van der Waals surface area contributed by atoms with Gasteiger partial charge in [-0.2, -0.15) is 0 Å². The summed E-state index contributed by atoms with van der Waals surface area (Å²) in [6.07, 6.45) is 0.889. The summed E-state index contributed by atoms with van der Waals surface area (Å²) in [6.45, 7) is 1.49. The van der Waals surface area contributed by atoms with Crippen LogP contribution in [0, 0.1) is 5.41 Å². The van der Waals surface area contributed by atoms with Gasteiger partial charge in [0.2, 0.25) is 0 Å². The average molecular weight is 420 g/mol. The molecule has 0 radical (unpaired) electrons. The van der Waals surface area contributed by atoms with Gasteiger partial charge in [-0.05, 0) is 38.7 Å². The number of nitrogens with one attached hydrogen (secondary N) is 2. The van der Waals surface area contributed by atoms with Gasteiger partial charge in [-0.1, -0.05) is 0 Å². The number of aromatic nitrogens is 1. The zero-order chi connectivity index (χ0) is 18.6. The maximum Gasteiger partial charge on any atom is 0.276 e. The molecule has 0 spiro atoms. The lowest BCUT2D eigenvalue weighted by molar-refractivity contribution is 0.0864. The van der Waals surface area contributed by atoms with Crippen LogP contribution in [-0.2, 0) is 0 Å². The first-order valence-electron chi connectivity index (χ1n) is 7.94. The van der Waals surface area contributed by atoms with Crippen LogP contribution in [0.25, 0.3) is 10.9 Å². The highest BCUT2D eigenvalue weighted by molar-refractivity contribution is 6.07. The summed E-state index contributed by atoms with van der Waals surface area (Å²) in [5.41, 5.74) is 6.38. The molecule has 2 aromatic rings. The Morgan fingerprint density at radius 1 is 1.22 bits per heavy atom. The number of amides is 1. The van der Waals surface area contributed by atoms with Crippen LogP contribution < -0.4 is 15.2 Å². The first-order valence-corrected chi connectivity index (χ1v) is 7.94. The third kappa shape index (κ3) is 5.92. The van der Waals surface area contributed by atoms with Crippen molar-refractivity contribution in [2.75, 3.05) is 41.4 Å². The third-order valence-corrected chi connectivity index (χ3v) is 3.84. The van der Waals surface area contributed by atoms with Crippen LogP contribution in [-0.4, -0.2) is 68.1 Å². The summed E-state index contributed by atoms with van der Waals surface area (Å²) in [4.78, 5) is 18.6. The van der Waals surface area contributed by atoms with Crippen molar-refractivity contribution in [1.29, 1.82) is 5.41 Å². The predicted octanol–water partition coefficient (Wildman–Crippen LogP) is 2.32. The van der Waals surface area contributed by atoms with Crippen LogP contribution in [0.3, 0.4) is 0 Å². The number of H-pyrrole nitrogens is 1. The highest BCUT2D eigenvalue weighted by Gasteiger charge is 2.19. The molecule has 0 atom stereocenters. The molecule has 1 aromatic carbocycles. The second-order valence-electron chi connectivity index (χ2n) is 5.99. The van der Waals surface area contributed by atoms with Crippen LogP contribution in [0.15, 0.2) is 18.2 Å². The van der Waals surface area contributed by atoms with E-state index >= 15 is 0 Å². The van der Waals surface area contributed by atoms with Crippen molar-refractivity contribution in [1.82, 2.24) is 14.8 Å². The maximum atomic E-state index is 12.4. The van der Waals surface area contributed by atoms with E-state index in [1.165, 1.54) is 7.05 Å². The van der Waals surface area contributed by atoms with E-state index in [9.17, 15) is 4.79 Å². The van der Waals surface area contributed by atoms with Gasteiger partial charge >= 0.3 is 0 Å². The van der Waals surface area contributed by atoms with Crippen molar-refractivity contribution >= 4 is 47.6 Å². The van der Waals surface area contributed by atoms with E-state index in [2.05, 4.69) is 9.88 Å². The largest absolute Gasteiger partial charge is 0.496 e. The lowest BCUT2D eigenvalue weighted by atomic mass is 10.2. The number of guanidine groups is 1. The molecule has 1 heterocycles. The standard InChI is InChI=1S/C17H25N5O3.2ClH/c1-21(2)8-5-9-25-14-7-6-13(24-4)11-10-12(20-15(11)14)16(23)22(3)17(18)19;;/h6-7,10,20H,5,8-9H2,1-4H3,(H3,18,19);2*1H. The highest BCUT2D eigenvalue weighted by atomic mass is 35.5. The number of nitrogens with zero attached hydrogens (tertiary/aromatic N) is 2. The Bertz CT molecular complexity index is 779. The number of hydrogen-bond donors (Lipinski definition) is 3. The Hall–Kier alpha value is -2.16. The summed E-state index contributed by atoms with van der Waals surface area (Å²) in [5.74, 6) is 0.565. The van der Waals surface area contributed by atoms with Crippen LogP contribution in [0.1, 0.15) is 16.9 Å². The summed E-state index contributed by atoms with van der Waals surface area (Å²) in [7, 11) is 7.05. The lowest BCUT2D eigenvalue weighted by Gasteiger charge is -2.13. The van der Waals surface area contributed by atoms with Gasteiger partial charge in [-0.15, -0.1) is 24.8 Å². The third-order valence-electron chi connectivity index (χ3n) is 3.84. The minimum absolute atomic E-state index is 0. The van der Waals surface area contributed by atoms with Crippen molar-refractivity contribution in [2.24, 2.45) is 5.73 Å². The van der Waals surface area contributed by atoms with Crippen molar-refractivity contribution in [3.05, 3.63) is 23.9 Å². The fraction of sp³-hybridized carbons (Fsp3) is 0.412. The topological polar surface area (TPSA) is 108 Å². The fourth-order valence-electron chi connectivity index (χ4n) is 2.43. The van der Waals surface area contributed by atoms with E-state index in [-0.39, 0.29) is 30.8 Å². The van der Waals surface area contributed by atoms with Gasteiger partial charge in [0.1, 0.15) is 17.2 Å². The molecular weight excluding hydrogens is 393 g/mol. The Morgan fingerprint density at radius 3 is 2.41 bits per heavy atom. The number of rotatable bonds is 7. The molecule has 0 bridgehead atoms. The van der Waals surface area contributed by atoms with Crippen molar-refractivity contribution in [3.8, 4) is 11.5 Å². The fourth-order valence-corrected chi connectivity index (χ4v) is 2.43. The molecule has 0 aliphatic heterocycles. The van der Waals surface area contributed by atoms with Crippen molar-refractivity contribution in [3.63, 3.8) is 0 Å². The van der Waals surface area contributed by atoms with Crippen LogP contribution >= 0.6 is 24.8 Å². The molecular formula is C17H27Cl2N5O3. The van der Waals surface area contributed by atoms with E-state index in [1.807, 2.05) is 20.2 Å². The number of carbonyl (C=O) groups excluding carboxylic acids is 1. The zero-order valence-corrected chi connectivity index (χ0v) is 17.5. The molecule has 2 rings (SSSR count). The summed E-state index contributed by atoms with van der Waals surface area (Å²) in [5, 5.41) is 8.14. The van der Waals surface area contributed by atoms with Gasteiger partial charge in [-0.3, -0.25) is 15.1 Å². The normalized spacial score (nSPS) is 10.1. The smallest absolute Gasteiger partial charge is 0.276 e. The Morgan fingerprint density at radius 2 is 1.85 bits per heavy atom. The molecule has 0 saturated carbocycles. The highest BCUT2D eigenvalue weighted by Crippen LogP contribution is 2.33. The van der Waals surface area contributed by atoms with Crippen LogP contribution in [0.2, 0.25) is 0 Å². The predicted molar refractivity (Wildman–Crippen MR) is 112 cm³/mol. The second-order valence-corrected chi connectivity index (χ2v) is 5.99. The number of carbonyl (C=O) groups is 1. The molecule has 10 heteroatoms.